The fraction of sp³-hybridized carbons (Fsp3) is 0.0833. The van der Waals surface area contributed by atoms with Crippen LogP contribution in [0.4, 0.5) is 4.39 Å². The van der Waals surface area contributed by atoms with Gasteiger partial charge in [-0.25, -0.2) is 17.6 Å². The molecule has 0 amide bonds. The van der Waals surface area contributed by atoms with Gasteiger partial charge in [-0.15, -0.1) is 11.3 Å². The molecule has 0 atom stereocenters. The number of carboxylic acids is 1. The molecule has 0 spiro atoms. The third-order valence-corrected chi connectivity index (χ3v) is 6.52. The molecular formula is C12H7Br2FO4S2. The smallest absolute Gasteiger partial charge is 0.338 e. The van der Waals surface area contributed by atoms with Gasteiger partial charge in [0.15, 0.2) is 15.7 Å². The van der Waals surface area contributed by atoms with Crippen molar-refractivity contribution in [2.24, 2.45) is 0 Å². The highest BCUT2D eigenvalue weighted by atomic mass is 79.9. The Hall–Kier alpha value is -0.770. The monoisotopic (exact) mass is 456 g/mol. The number of sulfone groups is 1. The Balaban J connectivity index is 2.52. The molecule has 2 aromatic rings. The van der Waals surface area contributed by atoms with Crippen LogP contribution in [0, 0.1) is 5.82 Å². The Morgan fingerprint density at radius 3 is 2.43 bits per heavy atom. The summed E-state index contributed by atoms with van der Waals surface area (Å²) in [5, 5.41) is 10.6. The molecule has 0 saturated carbocycles. The van der Waals surface area contributed by atoms with Gasteiger partial charge >= 0.3 is 5.97 Å². The summed E-state index contributed by atoms with van der Waals surface area (Å²) in [6.07, 6.45) is 0. The summed E-state index contributed by atoms with van der Waals surface area (Å²) >= 11 is 7.42. The topological polar surface area (TPSA) is 71.4 Å². The highest BCUT2D eigenvalue weighted by Crippen LogP contribution is 2.29. The van der Waals surface area contributed by atoms with E-state index in [9.17, 15) is 17.6 Å². The molecular weight excluding hydrogens is 451 g/mol. The number of halogens is 3. The van der Waals surface area contributed by atoms with Crippen molar-refractivity contribution >= 4 is 59.0 Å². The number of hydrogen-bond donors (Lipinski definition) is 1. The number of carboxylic acid groups (broad SMARTS) is 1. The molecule has 0 aliphatic rings. The summed E-state index contributed by atoms with van der Waals surface area (Å²) in [7, 11) is -3.99. The van der Waals surface area contributed by atoms with Gasteiger partial charge in [-0.05, 0) is 34.1 Å². The molecule has 9 heteroatoms. The van der Waals surface area contributed by atoms with Gasteiger partial charge in [0.2, 0.25) is 0 Å². The highest BCUT2D eigenvalue weighted by Gasteiger charge is 2.25. The molecule has 0 aliphatic heterocycles. The number of aromatic carboxylic acids is 1. The maximum atomic E-state index is 14.1. The second kappa shape index (κ2) is 6.15. The lowest BCUT2D eigenvalue weighted by Gasteiger charge is -2.08. The minimum Gasteiger partial charge on any atom is -0.478 e. The number of rotatable bonds is 4. The Kier molecular flexibility index (Phi) is 4.86. The average Bonchev–Trinajstić information content (AvgIpc) is 2.76. The largest absolute Gasteiger partial charge is 0.478 e. The molecule has 0 unspecified atom stereocenters. The van der Waals surface area contributed by atoms with E-state index in [1.807, 2.05) is 0 Å². The number of carbonyl (C=O) groups is 1. The van der Waals surface area contributed by atoms with Crippen molar-refractivity contribution in [3.63, 3.8) is 0 Å². The Labute approximate surface area is 140 Å². The van der Waals surface area contributed by atoms with Gasteiger partial charge in [-0.1, -0.05) is 15.9 Å². The van der Waals surface area contributed by atoms with Crippen LogP contribution in [0.15, 0.2) is 37.4 Å². The van der Waals surface area contributed by atoms with Gasteiger partial charge < -0.3 is 5.11 Å². The van der Waals surface area contributed by atoms with Gasteiger partial charge in [0, 0.05) is 19.2 Å². The van der Waals surface area contributed by atoms with E-state index in [1.165, 1.54) is 11.3 Å². The molecule has 1 aromatic heterocycles. The zero-order valence-corrected chi connectivity index (χ0v) is 14.9. The predicted octanol–water partition coefficient (Wildman–Crippen LogP) is 4.08. The van der Waals surface area contributed by atoms with Gasteiger partial charge in [-0.3, -0.25) is 0 Å². The maximum Gasteiger partial charge on any atom is 0.338 e. The predicted molar refractivity (Wildman–Crippen MR) is 84.0 cm³/mol. The van der Waals surface area contributed by atoms with Crippen LogP contribution in [-0.4, -0.2) is 19.5 Å². The van der Waals surface area contributed by atoms with Crippen LogP contribution in [0.5, 0.6) is 0 Å². The fourth-order valence-corrected chi connectivity index (χ4v) is 5.53. The molecule has 1 heterocycles. The fourth-order valence-electron chi connectivity index (χ4n) is 1.64. The second-order valence-electron chi connectivity index (χ2n) is 4.06. The van der Waals surface area contributed by atoms with Crippen LogP contribution < -0.4 is 0 Å². The van der Waals surface area contributed by atoms with Gasteiger partial charge in [0.25, 0.3) is 0 Å². The zero-order chi connectivity index (χ0) is 15.8. The van der Waals surface area contributed by atoms with Crippen LogP contribution in [0.25, 0.3) is 0 Å². The second-order valence-corrected chi connectivity index (χ2v) is 8.85. The van der Waals surface area contributed by atoms with Crippen molar-refractivity contribution in [1.29, 1.82) is 0 Å². The lowest BCUT2D eigenvalue weighted by Crippen LogP contribution is -2.11. The molecule has 2 rings (SSSR count). The summed E-state index contributed by atoms with van der Waals surface area (Å²) in [6.45, 7) is 0. The third kappa shape index (κ3) is 3.71. The molecule has 0 radical (unpaired) electrons. The average molecular weight is 458 g/mol. The maximum absolute atomic E-state index is 14.1. The van der Waals surface area contributed by atoms with Crippen LogP contribution in [0.1, 0.15) is 15.2 Å². The van der Waals surface area contributed by atoms with E-state index in [4.69, 9.17) is 5.11 Å². The Morgan fingerprint density at radius 1 is 1.24 bits per heavy atom. The summed E-state index contributed by atoms with van der Waals surface area (Å²) in [4.78, 5) is 10.9. The molecule has 112 valence electrons. The molecule has 21 heavy (non-hydrogen) atoms. The summed E-state index contributed by atoms with van der Waals surface area (Å²) in [5.41, 5.74) is -0.685. The first kappa shape index (κ1) is 16.6. The molecule has 0 aliphatic carbocycles. The van der Waals surface area contributed by atoms with E-state index < -0.39 is 37.8 Å². The van der Waals surface area contributed by atoms with E-state index >= 15 is 0 Å². The molecule has 0 saturated heterocycles. The van der Waals surface area contributed by atoms with Crippen LogP contribution in [-0.2, 0) is 15.6 Å². The van der Waals surface area contributed by atoms with Crippen molar-refractivity contribution in [3.8, 4) is 0 Å². The normalized spacial score (nSPS) is 11.6. The van der Waals surface area contributed by atoms with E-state index in [-0.39, 0.29) is 4.47 Å². The first-order valence-corrected chi connectivity index (χ1v) is 9.50. The van der Waals surface area contributed by atoms with Crippen molar-refractivity contribution in [2.45, 2.75) is 10.6 Å². The minimum atomic E-state index is -3.99. The lowest BCUT2D eigenvalue weighted by atomic mass is 10.2. The SMILES string of the molecule is O=C(O)c1cc(Br)cc(S(=O)(=O)Cc2cc(Br)cs2)c1F. The molecule has 4 nitrogen and oxygen atoms in total. The summed E-state index contributed by atoms with van der Waals surface area (Å²) in [6, 6.07) is 3.72. The zero-order valence-electron chi connectivity index (χ0n) is 10.1. The van der Waals surface area contributed by atoms with Gasteiger partial charge in [0.05, 0.1) is 11.3 Å². The first-order chi connectivity index (χ1) is 9.70. The number of benzene rings is 1. The minimum absolute atomic E-state index is 0.187. The quantitative estimate of drug-likeness (QED) is 0.750. The van der Waals surface area contributed by atoms with E-state index in [2.05, 4.69) is 31.9 Å². The lowest BCUT2D eigenvalue weighted by molar-refractivity contribution is 0.0691. The number of thiophene rings is 1. The van der Waals surface area contributed by atoms with Crippen molar-refractivity contribution in [3.05, 3.63) is 48.8 Å². The van der Waals surface area contributed by atoms with Crippen molar-refractivity contribution in [2.75, 3.05) is 0 Å². The Bertz CT molecular complexity index is 815. The molecule has 0 fully saturated rings. The highest BCUT2D eigenvalue weighted by molar-refractivity contribution is 9.10. The van der Waals surface area contributed by atoms with E-state index in [0.29, 0.717) is 4.88 Å². The first-order valence-electron chi connectivity index (χ1n) is 5.38. The van der Waals surface area contributed by atoms with E-state index in [0.717, 1.165) is 16.6 Å². The van der Waals surface area contributed by atoms with Gasteiger partial charge in [-0.2, -0.15) is 0 Å². The molecule has 1 N–H and O–H groups in total. The van der Waals surface area contributed by atoms with Crippen molar-refractivity contribution in [1.82, 2.24) is 0 Å². The molecule has 0 bridgehead atoms. The van der Waals surface area contributed by atoms with Crippen LogP contribution in [0.2, 0.25) is 0 Å². The van der Waals surface area contributed by atoms with Gasteiger partial charge in [0.1, 0.15) is 4.90 Å². The third-order valence-electron chi connectivity index (χ3n) is 2.52. The van der Waals surface area contributed by atoms with Crippen LogP contribution in [0.3, 0.4) is 0 Å². The van der Waals surface area contributed by atoms with Crippen molar-refractivity contribution < 1.29 is 22.7 Å². The number of hydrogen-bond acceptors (Lipinski definition) is 4. The Morgan fingerprint density at radius 2 is 1.90 bits per heavy atom. The molecule has 1 aromatic carbocycles. The standard InChI is InChI=1S/C12H7Br2FO4S2/c13-6-2-9(12(16)17)11(15)10(3-6)21(18,19)5-8-1-7(14)4-20-8/h1-4H,5H2,(H,16,17). The van der Waals surface area contributed by atoms with Crippen LogP contribution >= 0.6 is 43.2 Å². The summed E-state index contributed by atoms with van der Waals surface area (Å²) in [5.74, 6) is -3.17. The van der Waals surface area contributed by atoms with E-state index in [1.54, 1.807) is 11.4 Å². The summed E-state index contributed by atoms with van der Waals surface area (Å²) < 4.78 is 39.6.